The smallest absolute Gasteiger partial charge is 0.332 e. The topological polar surface area (TPSA) is 74.5 Å². The van der Waals surface area contributed by atoms with Crippen molar-refractivity contribution in [2.75, 3.05) is 0 Å². The van der Waals surface area contributed by atoms with Gasteiger partial charge in [0, 0.05) is 0 Å². The first-order valence-electron chi connectivity index (χ1n) is 5.53. The molecule has 0 saturated heterocycles. The predicted molar refractivity (Wildman–Crippen MR) is 60.3 cm³/mol. The fourth-order valence-electron chi connectivity index (χ4n) is 1.35. The highest BCUT2D eigenvalue weighted by Crippen LogP contribution is 2.39. The lowest BCUT2D eigenvalue weighted by molar-refractivity contribution is -0.386. The average Bonchev–Trinajstić information content (AvgIpc) is 3.03. The number of ether oxygens (including phenoxy) is 2. The van der Waals surface area contributed by atoms with Gasteiger partial charge in [-0.2, -0.15) is 0 Å². The Labute approximate surface area is 98.7 Å². The van der Waals surface area contributed by atoms with Crippen LogP contribution in [-0.4, -0.2) is 22.1 Å². The van der Waals surface area contributed by atoms with Crippen molar-refractivity contribution < 1.29 is 14.4 Å². The largest absolute Gasteiger partial charge is 0.485 e. The number of nitrogens with zero attached hydrogens (tertiary/aromatic N) is 2. The molecular weight excluding hydrogens is 224 g/mol. The maximum atomic E-state index is 10.9. The molecule has 1 saturated carbocycles. The van der Waals surface area contributed by atoms with Crippen LogP contribution in [0.25, 0.3) is 0 Å². The molecule has 0 aromatic carbocycles. The summed E-state index contributed by atoms with van der Waals surface area (Å²) in [5.74, 6) is 0.530. The molecule has 1 fully saturated rings. The maximum absolute atomic E-state index is 10.9. The molecule has 6 heteroatoms. The zero-order chi connectivity index (χ0) is 12.4. The maximum Gasteiger partial charge on any atom is 0.332 e. The molecule has 1 heterocycles. The van der Waals surface area contributed by atoms with Crippen LogP contribution in [-0.2, 0) is 0 Å². The minimum Gasteiger partial charge on any atom is -0.485 e. The zero-order valence-electron chi connectivity index (χ0n) is 9.75. The number of nitro groups is 1. The van der Waals surface area contributed by atoms with Gasteiger partial charge in [0.15, 0.2) is 5.75 Å². The first-order valence-corrected chi connectivity index (χ1v) is 5.53. The number of pyridine rings is 1. The summed E-state index contributed by atoms with van der Waals surface area (Å²) < 4.78 is 11.0. The Kier molecular flexibility index (Phi) is 3.12. The fourth-order valence-corrected chi connectivity index (χ4v) is 1.35. The van der Waals surface area contributed by atoms with Crippen molar-refractivity contribution in [3.8, 4) is 11.5 Å². The SMILES string of the molecule is CC(C)Oc1c(OC2CC2)cncc1[N+](=O)[O-]. The molecule has 17 heavy (non-hydrogen) atoms. The van der Waals surface area contributed by atoms with E-state index in [1.807, 2.05) is 13.8 Å². The van der Waals surface area contributed by atoms with Crippen molar-refractivity contribution >= 4 is 5.69 Å². The third-order valence-electron chi connectivity index (χ3n) is 2.21. The van der Waals surface area contributed by atoms with Crippen LogP contribution in [0.15, 0.2) is 12.4 Å². The van der Waals surface area contributed by atoms with Crippen LogP contribution < -0.4 is 9.47 Å². The van der Waals surface area contributed by atoms with Crippen LogP contribution >= 0.6 is 0 Å². The average molecular weight is 238 g/mol. The molecule has 0 aliphatic heterocycles. The summed E-state index contributed by atoms with van der Waals surface area (Å²) in [6.07, 6.45) is 4.58. The first kappa shape index (κ1) is 11.6. The van der Waals surface area contributed by atoms with Crippen LogP contribution in [0.2, 0.25) is 0 Å². The molecule has 0 bridgehead atoms. The quantitative estimate of drug-likeness (QED) is 0.581. The van der Waals surface area contributed by atoms with E-state index < -0.39 is 4.92 Å². The molecule has 0 atom stereocenters. The molecule has 92 valence electrons. The Hall–Kier alpha value is -1.85. The van der Waals surface area contributed by atoms with E-state index >= 15 is 0 Å². The summed E-state index contributed by atoms with van der Waals surface area (Å²) in [5.41, 5.74) is -0.156. The summed E-state index contributed by atoms with van der Waals surface area (Å²) in [7, 11) is 0. The molecule has 1 aromatic heterocycles. The lowest BCUT2D eigenvalue weighted by atomic mass is 10.3. The van der Waals surface area contributed by atoms with Gasteiger partial charge >= 0.3 is 5.69 Å². The molecule has 1 aromatic rings. The summed E-state index contributed by atoms with van der Waals surface area (Å²) in [5, 5.41) is 10.9. The molecule has 2 rings (SSSR count). The Bertz CT molecular complexity index is 429. The monoisotopic (exact) mass is 238 g/mol. The van der Waals surface area contributed by atoms with E-state index in [0.29, 0.717) is 5.75 Å². The van der Waals surface area contributed by atoms with E-state index in [2.05, 4.69) is 4.98 Å². The highest BCUT2D eigenvalue weighted by atomic mass is 16.6. The number of hydrogen-bond acceptors (Lipinski definition) is 5. The lowest BCUT2D eigenvalue weighted by Crippen LogP contribution is -2.10. The Morgan fingerprint density at radius 2 is 2.18 bits per heavy atom. The van der Waals surface area contributed by atoms with Gasteiger partial charge in [-0.15, -0.1) is 0 Å². The Balaban J connectivity index is 2.34. The van der Waals surface area contributed by atoms with Crippen molar-refractivity contribution in [1.29, 1.82) is 0 Å². The summed E-state index contributed by atoms with van der Waals surface area (Å²) in [6, 6.07) is 0. The minimum absolute atomic E-state index is 0.147. The normalized spacial score (nSPS) is 14.8. The molecule has 0 amide bonds. The molecule has 6 nitrogen and oxygen atoms in total. The molecule has 0 unspecified atom stereocenters. The summed E-state index contributed by atoms with van der Waals surface area (Å²) in [4.78, 5) is 14.2. The van der Waals surface area contributed by atoms with Crippen LogP contribution in [0.5, 0.6) is 11.5 Å². The summed E-state index contributed by atoms with van der Waals surface area (Å²) in [6.45, 7) is 3.62. The van der Waals surface area contributed by atoms with E-state index in [1.54, 1.807) is 0 Å². The third kappa shape index (κ3) is 2.83. The highest BCUT2D eigenvalue weighted by molar-refractivity contribution is 5.53. The van der Waals surface area contributed by atoms with Gasteiger partial charge in [-0.3, -0.25) is 15.1 Å². The van der Waals surface area contributed by atoms with Crippen LogP contribution in [0.1, 0.15) is 26.7 Å². The number of hydrogen-bond donors (Lipinski definition) is 0. The van der Waals surface area contributed by atoms with Crippen LogP contribution in [0, 0.1) is 10.1 Å². The molecule has 0 spiro atoms. The highest BCUT2D eigenvalue weighted by Gasteiger charge is 2.29. The first-order chi connectivity index (χ1) is 8.08. The number of rotatable bonds is 5. The minimum atomic E-state index is -0.509. The van der Waals surface area contributed by atoms with E-state index in [9.17, 15) is 10.1 Å². The fraction of sp³-hybridized carbons (Fsp3) is 0.545. The second-order valence-electron chi connectivity index (χ2n) is 4.23. The van der Waals surface area contributed by atoms with E-state index in [-0.39, 0.29) is 23.6 Å². The van der Waals surface area contributed by atoms with Crippen LogP contribution in [0.4, 0.5) is 5.69 Å². The second kappa shape index (κ2) is 4.57. The van der Waals surface area contributed by atoms with Gasteiger partial charge in [0.2, 0.25) is 5.75 Å². The van der Waals surface area contributed by atoms with Gasteiger partial charge in [0.25, 0.3) is 0 Å². The Morgan fingerprint density at radius 1 is 1.47 bits per heavy atom. The second-order valence-corrected chi connectivity index (χ2v) is 4.23. The van der Waals surface area contributed by atoms with Crippen molar-refractivity contribution in [3.05, 3.63) is 22.5 Å². The predicted octanol–water partition coefficient (Wildman–Crippen LogP) is 2.32. The van der Waals surface area contributed by atoms with Gasteiger partial charge < -0.3 is 9.47 Å². The van der Waals surface area contributed by atoms with Crippen molar-refractivity contribution in [3.63, 3.8) is 0 Å². The van der Waals surface area contributed by atoms with Gasteiger partial charge in [-0.25, -0.2) is 0 Å². The zero-order valence-corrected chi connectivity index (χ0v) is 9.75. The standard InChI is InChI=1S/C11H14N2O4/c1-7(2)16-11-9(13(14)15)5-12-6-10(11)17-8-3-4-8/h5-8H,3-4H2,1-2H3. The Morgan fingerprint density at radius 3 is 2.71 bits per heavy atom. The molecular formula is C11H14N2O4. The van der Waals surface area contributed by atoms with Gasteiger partial charge in [0.1, 0.15) is 6.20 Å². The number of aromatic nitrogens is 1. The van der Waals surface area contributed by atoms with Crippen LogP contribution in [0.3, 0.4) is 0 Å². The van der Waals surface area contributed by atoms with Gasteiger partial charge in [-0.05, 0) is 26.7 Å². The lowest BCUT2D eigenvalue weighted by Gasteiger charge is -2.14. The van der Waals surface area contributed by atoms with Crippen molar-refractivity contribution in [2.45, 2.75) is 38.9 Å². The molecule has 1 aliphatic carbocycles. The third-order valence-corrected chi connectivity index (χ3v) is 2.21. The van der Waals surface area contributed by atoms with Gasteiger partial charge in [-0.1, -0.05) is 0 Å². The molecule has 1 aliphatic rings. The summed E-state index contributed by atoms with van der Waals surface area (Å²) >= 11 is 0. The van der Waals surface area contributed by atoms with Crippen molar-refractivity contribution in [1.82, 2.24) is 4.98 Å². The van der Waals surface area contributed by atoms with E-state index in [1.165, 1.54) is 12.4 Å². The van der Waals surface area contributed by atoms with Crippen molar-refractivity contribution in [2.24, 2.45) is 0 Å². The molecule has 0 N–H and O–H groups in total. The molecule has 0 radical (unpaired) electrons. The van der Waals surface area contributed by atoms with E-state index in [0.717, 1.165) is 12.8 Å². The van der Waals surface area contributed by atoms with E-state index in [4.69, 9.17) is 9.47 Å². The van der Waals surface area contributed by atoms with Gasteiger partial charge in [0.05, 0.1) is 23.3 Å².